The Kier molecular flexibility index (Phi) is 9.34. The number of hydrogen-bond donors (Lipinski definition) is 2. The zero-order chi connectivity index (χ0) is 17.5. The van der Waals surface area contributed by atoms with E-state index in [1.54, 1.807) is 7.05 Å². The van der Waals surface area contributed by atoms with Gasteiger partial charge in [0, 0.05) is 48.6 Å². The van der Waals surface area contributed by atoms with E-state index in [4.69, 9.17) is 0 Å². The first kappa shape index (κ1) is 21.8. The van der Waals surface area contributed by atoms with Gasteiger partial charge in [0.1, 0.15) is 0 Å². The maximum Gasteiger partial charge on any atom is 0.191 e. The molecule has 1 unspecified atom stereocenters. The topological polar surface area (TPSA) is 54.2 Å². The zero-order valence-corrected chi connectivity index (χ0v) is 18.7. The standard InChI is InChI=1S/C18H27N5S.HI/c1-13(24-16-9-7-6-8-10-16)11-20-18(19-4)21-12-17-14(2)22-23(5)15(17)3;/h6-10,13H,11-12H2,1-5H3,(H2,19,20,21);1H. The minimum absolute atomic E-state index is 0. The average Bonchev–Trinajstić information content (AvgIpc) is 2.81. The van der Waals surface area contributed by atoms with Crippen LogP contribution in [0.4, 0.5) is 0 Å². The van der Waals surface area contributed by atoms with E-state index in [9.17, 15) is 0 Å². The molecule has 0 amide bonds. The van der Waals surface area contributed by atoms with Crippen molar-refractivity contribution < 1.29 is 0 Å². The highest BCUT2D eigenvalue weighted by Crippen LogP contribution is 2.21. The zero-order valence-electron chi connectivity index (χ0n) is 15.5. The molecule has 0 spiro atoms. The molecule has 0 radical (unpaired) electrons. The van der Waals surface area contributed by atoms with E-state index in [-0.39, 0.29) is 24.0 Å². The highest BCUT2D eigenvalue weighted by atomic mass is 127. The van der Waals surface area contributed by atoms with Crippen LogP contribution in [0.25, 0.3) is 0 Å². The highest BCUT2D eigenvalue weighted by Gasteiger charge is 2.10. The smallest absolute Gasteiger partial charge is 0.191 e. The lowest BCUT2D eigenvalue weighted by atomic mass is 10.2. The lowest BCUT2D eigenvalue weighted by Gasteiger charge is -2.16. The molecule has 0 bridgehead atoms. The first-order chi connectivity index (χ1) is 11.5. The van der Waals surface area contributed by atoms with Crippen LogP contribution in [0.3, 0.4) is 0 Å². The van der Waals surface area contributed by atoms with Gasteiger partial charge in [-0.2, -0.15) is 5.10 Å². The number of aliphatic imine (C=N–C) groups is 1. The molecule has 2 N–H and O–H groups in total. The van der Waals surface area contributed by atoms with Crippen molar-refractivity contribution in [2.45, 2.75) is 37.5 Å². The SMILES string of the molecule is CN=C(NCc1c(C)nn(C)c1C)NCC(C)Sc1ccccc1.I. The number of thioether (sulfide) groups is 1. The summed E-state index contributed by atoms with van der Waals surface area (Å²) in [6.07, 6.45) is 0. The number of benzene rings is 1. The lowest BCUT2D eigenvalue weighted by molar-refractivity contribution is 0.728. The molecule has 1 heterocycles. The van der Waals surface area contributed by atoms with Crippen LogP contribution < -0.4 is 10.6 Å². The Bertz CT molecular complexity index is 684. The van der Waals surface area contributed by atoms with Gasteiger partial charge < -0.3 is 10.6 Å². The summed E-state index contributed by atoms with van der Waals surface area (Å²) in [5, 5.41) is 11.7. The van der Waals surface area contributed by atoms with Gasteiger partial charge in [0.05, 0.1) is 5.69 Å². The van der Waals surface area contributed by atoms with Gasteiger partial charge in [0.25, 0.3) is 0 Å². The Morgan fingerprint density at radius 2 is 1.92 bits per heavy atom. The summed E-state index contributed by atoms with van der Waals surface area (Å²) in [6.45, 7) is 7.92. The van der Waals surface area contributed by atoms with Crippen LogP contribution in [-0.4, -0.2) is 34.6 Å². The highest BCUT2D eigenvalue weighted by molar-refractivity contribution is 14.0. The Balaban J connectivity index is 0.00000312. The Morgan fingerprint density at radius 3 is 2.48 bits per heavy atom. The van der Waals surface area contributed by atoms with Gasteiger partial charge in [-0.25, -0.2) is 0 Å². The molecule has 7 heteroatoms. The van der Waals surface area contributed by atoms with E-state index >= 15 is 0 Å². The predicted octanol–water partition coefficient (Wildman–Crippen LogP) is 3.50. The van der Waals surface area contributed by atoms with Gasteiger partial charge in [-0.05, 0) is 26.0 Å². The number of hydrogen-bond acceptors (Lipinski definition) is 3. The van der Waals surface area contributed by atoms with Crippen molar-refractivity contribution in [1.82, 2.24) is 20.4 Å². The number of aryl methyl sites for hydroxylation is 2. The van der Waals surface area contributed by atoms with Crippen LogP contribution in [0.15, 0.2) is 40.2 Å². The van der Waals surface area contributed by atoms with Gasteiger partial charge in [0.2, 0.25) is 0 Å². The van der Waals surface area contributed by atoms with Gasteiger partial charge in [-0.1, -0.05) is 25.1 Å². The number of nitrogens with one attached hydrogen (secondary N) is 2. The molecule has 0 saturated heterocycles. The second-order valence-electron chi connectivity index (χ2n) is 5.82. The van der Waals surface area contributed by atoms with Crippen LogP contribution in [0, 0.1) is 13.8 Å². The largest absolute Gasteiger partial charge is 0.355 e. The van der Waals surface area contributed by atoms with Gasteiger partial charge in [-0.3, -0.25) is 9.67 Å². The Labute approximate surface area is 172 Å². The van der Waals surface area contributed by atoms with Crippen molar-refractivity contribution >= 4 is 41.7 Å². The molecule has 2 rings (SSSR count). The van der Waals surface area contributed by atoms with Crippen LogP contribution in [-0.2, 0) is 13.6 Å². The van der Waals surface area contributed by atoms with E-state index in [0.717, 1.165) is 24.7 Å². The Hall–Kier alpha value is -1.22. The summed E-state index contributed by atoms with van der Waals surface area (Å²) in [5.74, 6) is 0.818. The van der Waals surface area contributed by atoms with E-state index in [2.05, 4.69) is 58.8 Å². The maximum atomic E-state index is 4.45. The monoisotopic (exact) mass is 473 g/mol. The molecule has 1 aromatic carbocycles. The molecular weight excluding hydrogens is 445 g/mol. The first-order valence-electron chi connectivity index (χ1n) is 8.16. The quantitative estimate of drug-likeness (QED) is 0.292. The average molecular weight is 473 g/mol. The normalized spacial score (nSPS) is 12.4. The summed E-state index contributed by atoms with van der Waals surface area (Å²) in [4.78, 5) is 5.59. The third kappa shape index (κ3) is 6.54. The molecule has 2 aromatic rings. The van der Waals surface area contributed by atoms with Gasteiger partial charge in [-0.15, -0.1) is 35.7 Å². The molecule has 5 nitrogen and oxygen atoms in total. The Morgan fingerprint density at radius 1 is 1.24 bits per heavy atom. The summed E-state index contributed by atoms with van der Waals surface area (Å²) in [7, 11) is 3.77. The number of rotatable bonds is 6. The second kappa shape index (κ2) is 10.7. The van der Waals surface area contributed by atoms with Crippen LogP contribution >= 0.6 is 35.7 Å². The summed E-state index contributed by atoms with van der Waals surface area (Å²) >= 11 is 1.86. The van der Waals surface area contributed by atoms with E-state index in [0.29, 0.717) is 5.25 Å². The fraction of sp³-hybridized carbons (Fsp3) is 0.444. The van der Waals surface area contributed by atoms with Crippen LogP contribution in [0.2, 0.25) is 0 Å². The number of nitrogens with zero attached hydrogens (tertiary/aromatic N) is 3. The molecule has 0 fully saturated rings. The predicted molar refractivity (Wildman–Crippen MR) is 118 cm³/mol. The van der Waals surface area contributed by atoms with Crippen molar-refractivity contribution in [2.24, 2.45) is 12.0 Å². The fourth-order valence-corrected chi connectivity index (χ4v) is 3.43. The number of guanidine groups is 1. The van der Waals surface area contributed by atoms with E-state index in [1.165, 1.54) is 16.2 Å². The van der Waals surface area contributed by atoms with Crippen molar-refractivity contribution in [2.75, 3.05) is 13.6 Å². The second-order valence-corrected chi connectivity index (χ2v) is 7.33. The molecule has 0 aliphatic carbocycles. The molecule has 0 aliphatic rings. The molecular formula is C18H28IN5S. The molecule has 25 heavy (non-hydrogen) atoms. The lowest BCUT2D eigenvalue weighted by Crippen LogP contribution is -2.39. The minimum atomic E-state index is 0. The van der Waals surface area contributed by atoms with E-state index in [1.807, 2.05) is 36.5 Å². The summed E-state index contributed by atoms with van der Waals surface area (Å²) in [5.41, 5.74) is 3.47. The summed E-state index contributed by atoms with van der Waals surface area (Å²) in [6, 6.07) is 10.5. The molecule has 138 valence electrons. The first-order valence-corrected chi connectivity index (χ1v) is 9.04. The van der Waals surface area contributed by atoms with Gasteiger partial charge in [0.15, 0.2) is 5.96 Å². The number of aromatic nitrogens is 2. The minimum Gasteiger partial charge on any atom is -0.355 e. The molecule has 0 aliphatic heterocycles. The van der Waals surface area contributed by atoms with Crippen molar-refractivity contribution in [3.63, 3.8) is 0 Å². The number of halogens is 1. The third-order valence-corrected chi connectivity index (χ3v) is 5.07. The summed E-state index contributed by atoms with van der Waals surface area (Å²) < 4.78 is 1.92. The van der Waals surface area contributed by atoms with Crippen molar-refractivity contribution in [1.29, 1.82) is 0 Å². The fourth-order valence-electron chi connectivity index (χ4n) is 2.48. The van der Waals surface area contributed by atoms with Crippen molar-refractivity contribution in [3.8, 4) is 0 Å². The van der Waals surface area contributed by atoms with Crippen LogP contribution in [0.5, 0.6) is 0 Å². The third-order valence-electron chi connectivity index (χ3n) is 3.95. The van der Waals surface area contributed by atoms with Gasteiger partial charge >= 0.3 is 0 Å². The maximum absolute atomic E-state index is 4.45. The molecule has 1 atom stereocenters. The van der Waals surface area contributed by atoms with E-state index < -0.39 is 0 Å². The molecule has 0 saturated carbocycles. The van der Waals surface area contributed by atoms with Crippen LogP contribution in [0.1, 0.15) is 23.9 Å². The molecule has 1 aromatic heterocycles. The van der Waals surface area contributed by atoms with Crippen molar-refractivity contribution in [3.05, 3.63) is 47.3 Å².